The number of likely N-dealkylation sites (tertiary alicyclic amines) is 1. The highest BCUT2D eigenvalue weighted by molar-refractivity contribution is 5.93. The number of nitrogens with zero attached hydrogens (tertiary/aromatic N) is 1. The molecule has 1 rings (SSSR count). The van der Waals surface area contributed by atoms with Crippen LogP contribution in [0.15, 0.2) is 0 Å². The SMILES string of the molecule is CC(NC(=O)C1CCCN1C(=O)C(N)CC(=O)O)C(=O)O. The van der Waals surface area contributed by atoms with E-state index in [2.05, 4.69) is 5.32 Å². The van der Waals surface area contributed by atoms with Crippen LogP contribution in [0.1, 0.15) is 26.2 Å². The van der Waals surface area contributed by atoms with Gasteiger partial charge in [-0.15, -0.1) is 0 Å². The van der Waals surface area contributed by atoms with Gasteiger partial charge in [-0.3, -0.25) is 19.2 Å². The van der Waals surface area contributed by atoms with Crippen molar-refractivity contribution in [3.05, 3.63) is 0 Å². The molecule has 118 valence electrons. The molecule has 1 aliphatic rings. The fraction of sp³-hybridized carbons (Fsp3) is 0.667. The van der Waals surface area contributed by atoms with Crippen LogP contribution in [0.4, 0.5) is 0 Å². The van der Waals surface area contributed by atoms with Gasteiger partial charge in [0.1, 0.15) is 12.1 Å². The maximum absolute atomic E-state index is 12.1. The van der Waals surface area contributed by atoms with Crippen molar-refractivity contribution in [1.29, 1.82) is 0 Å². The van der Waals surface area contributed by atoms with Gasteiger partial charge in [-0.25, -0.2) is 0 Å². The van der Waals surface area contributed by atoms with E-state index < -0.39 is 48.3 Å². The van der Waals surface area contributed by atoms with E-state index in [0.717, 1.165) is 0 Å². The van der Waals surface area contributed by atoms with Crippen LogP contribution in [-0.2, 0) is 19.2 Å². The van der Waals surface area contributed by atoms with Gasteiger partial charge < -0.3 is 26.2 Å². The highest BCUT2D eigenvalue weighted by atomic mass is 16.4. The van der Waals surface area contributed by atoms with Crippen LogP contribution in [0.5, 0.6) is 0 Å². The van der Waals surface area contributed by atoms with E-state index in [1.165, 1.54) is 11.8 Å². The van der Waals surface area contributed by atoms with Crippen molar-refractivity contribution in [3.63, 3.8) is 0 Å². The molecule has 0 spiro atoms. The highest BCUT2D eigenvalue weighted by Gasteiger charge is 2.37. The van der Waals surface area contributed by atoms with Crippen LogP contribution in [0, 0.1) is 0 Å². The number of rotatable bonds is 6. The predicted octanol–water partition coefficient (Wildman–Crippen LogP) is -1.63. The number of hydrogen-bond acceptors (Lipinski definition) is 5. The van der Waals surface area contributed by atoms with Gasteiger partial charge in [-0.2, -0.15) is 0 Å². The molecular formula is C12H19N3O6. The number of nitrogens with one attached hydrogen (secondary N) is 1. The molecule has 2 amide bonds. The topological polar surface area (TPSA) is 150 Å². The second-order valence-electron chi connectivity index (χ2n) is 4.96. The van der Waals surface area contributed by atoms with Gasteiger partial charge in [-0.05, 0) is 19.8 Å². The van der Waals surface area contributed by atoms with Crippen LogP contribution in [0.2, 0.25) is 0 Å². The number of nitrogens with two attached hydrogens (primary N) is 1. The van der Waals surface area contributed by atoms with E-state index in [1.54, 1.807) is 0 Å². The second kappa shape index (κ2) is 7.02. The number of amides is 2. The van der Waals surface area contributed by atoms with Crippen molar-refractivity contribution in [2.75, 3.05) is 6.54 Å². The molecule has 1 aliphatic heterocycles. The molecular weight excluding hydrogens is 282 g/mol. The number of hydrogen-bond donors (Lipinski definition) is 4. The number of aliphatic carboxylic acids is 2. The molecule has 0 bridgehead atoms. The molecule has 5 N–H and O–H groups in total. The molecule has 0 aliphatic carbocycles. The summed E-state index contributed by atoms with van der Waals surface area (Å²) < 4.78 is 0. The first-order valence-corrected chi connectivity index (χ1v) is 6.55. The number of carbonyl (C=O) groups is 4. The van der Waals surface area contributed by atoms with Gasteiger partial charge in [0, 0.05) is 6.54 Å². The van der Waals surface area contributed by atoms with Crippen molar-refractivity contribution in [2.45, 2.75) is 44.3 Å². The summed E-state index contributed by atoms with van der Waals surface area (Å²) in [5, 5.41) is 19.7. The van der Waals surface area contributed by atoms with Gasteiger partial charge in [0.2, 0.25) is 11.8 Å². The fourth-order valence-corrected chi connectivity index (χ4v) is 2.16. The molecule has 9 nitrogen and oxygen atoms in total. The molecule has 0 radical (unpaired) electrons. The average Bonchev–Trinajstić information content (AvgIpc) is 2.85. The zero-order chi connectivity index (χ0) is 16.2. The summed E-state index contributed by atoms with van der Waals surface area (Å²) in [6.45, 7) is 1.61. The Morgan fingerprint density at radius 3 is 2.48 bits per heavy atom. The van der Waals surface area contributed by atoms with E-state index in [4.69, 9.17) is 15.9 Å². The molecule has 21 heavy (non-hydrogen) atoms. The third-order valence-electron chi connectivity index (χ3n) is 3.28. The van der Waals surface area contributed by atoms with Gasteiger partial charge in [0.25, 0.3) is 0 Å². The lowest BCUT2D eigenvalue weighted by atomic mass is 10.1. The Balaban J connectivity index is 2.70. The van der Waals surface area contributed by atoms with Crippen molar-refractivity contribution in [1.82, 2.24) is 10.2 Å². The third-order valence-corrected chi connectivity index (χ3v) is 3.28. The van der Waals surface area contributed by atoms with Crippen LogP contribution in [0.3, 0.4) is 0 Å². The van der Waals surface area contributed by atoms with Gasteiger partial charge in [-0.1, -0.05) is 0 Å². The van der Waals surface area contributed by atoms with Crippen LogP contribution < -0.4 is 11.1 Å². The zero-order valence-corrected chi connectivity index (χ0v) is 11.6. The summed E-state index contributed by atoms with van der Waals surface area (Å²) in [5.74, 6) is -3.56. The lowest BCUT2D eigenvalue weighted by molar-refractivity contribution is -0.145. The smallest absolute Gasteiger partial charge is 0.325 e. The Hall–Kier alpha value is -2.16. The molecule has 0 aromatic rings. The molecule has 1 saturated heterocycles. The summed E-state index contributed by atoms with van der Waals surface area (Å²) in [6.07, 6.45) is 0.448. The Morgan fingerprint density at radius 1 is 1.33 bits per heavy atom. The van der Waals surface area contributed by atoms with Gasteiger partial charge in [0.05, 0.1) is 12.5 Å². The first kappa shape index (κ1) is 16.9. The van der Waals surface area contributed by atoms with Crippen LogP contribution in [0.25, 0.3) is 0 Å². The maximum atomic E-state index is 12.1. The normalized spacial score (nSPS) is 20.7. The standard InChI is InChI=1S/C12H19N3O6/c1-6(12(20)21)14-10(18)8-3-2-4-15(8)11(19)7(13)5-9(16)17/h6-8H,2-5,13H2,1H3,(H,14,18)(H,16,17)(H,20,21). The van der Waals surface area contributed by atoms with E-state index in [9.17, 15) is 19.2 Å². The predicted molar refractivity (Wildman–Crippen MR) is 70.2 cm³/mol. The Bertz CT molecular complexity index is 452. The minimum atomic E-state index is -1.22. The Morgan fingerprint density at radius 2 is 1.95 bits per heavy atom. The molecule has 3 unspecified atom stereocenters. The van der Waals surface area contributed by atoms with E-state index in [0.29, 0.717) is 19.4 Å². The summed E-state index contributed by atoms with van der Waals surface area (Å²) in [6, 6.07) is -3.09. The molecule has 9 heteroatoms. The maximum Gasteiger partial charge on any atom is 0.325 e. The second-order valence-corrected chi connectivity index (χ2v) is 4.96. The van der Waals surface area contributed by atoms with E-state index in [1.807, 2.05) is 0 Å². The molecule has 0 aromatic carbocycles. The quantitative estimate of drug-likeness (QED) is 0.460. The average molecular weight is 301 g/mol. The molecule has 1 heterocycles. The van der Waals surface area contributed by atoms with E-state index >= 15 is 0 Å². The number of carboxylic acid groups (broad SMARTS) is 2. The summed E-state index contributed by atoms with van der Waals surface area (Å²) >= 11 is 0. The molecule has 0 saturated carbocycles. The molecule has 1 fully saturated rings. The summed E-state index contributed by atoms with van der Waals surface area (Å²) in [4.78, 5) is 46.6. The first-order chi connectivity index (χ1) is 9.73. The first-order valence-electron chi connectivity index (χ1n) is 6.55. The fourth-order valence-electron chi connectivity index (χ4n) is 2.16. The lowest BCUT2D eigenvalue weighted by Gasteiger charge is -2.26. The van der Waals surface area contributed by atoms with Crippen molar-refractivity contribution >= 4 is 23.8 Å². The Kier molecular flexibility index (Phi) is 5.65. The zero-order valence-electron chi connectivity index (χ0n) is 11.6. The monoisotopic (exact) mass is 301 g/mol. The number of carbonyl (C=O) groups excluding carboxylic acids is 2. The third kappa shape index (κ3) is 4.42. The molecule has 3 atom stereocenters. The highest BCUT2D eigenvalue weighted by Crippen LogP contribution is 2.19. The largest absolute Gasteiger partial charge is 0.481 e. The van der Waals surface area contributed by atoms with Gasteiger partial charge >= 0.3 is 11.9 Å². The minimum absolute atomic E-state index is 0.297. The number of carboxylic acids is 2. The van der Waals surface area contributed by atoms with Crippen LogP contribution in [-0.4, -0.2) is 63.5 Å². The summed E-state index contributed by atoms with van der Waals surface area (Å²) in [7, 11) is 0. The van der Waals surface area contributed by atoms with Gasteiger partial charge in [0.15, 0.2) is 0 Å². The Labute approximate surface area is 121 Å². The summed E-state index contributed by atoms with van der Waals surface area (Å²) in [5.41, 5.74) is 5.51. The van der Waals surface area contributed by atoms with E-state index in [-0.39, 0.29) is 0 Å². The lowest BCUT2D eigenvalue weighted by Crippen LogP contribution is -2.53. The van der Waals surface area contributed by atoms with Crippen molar-refractivity contribution in [3.8, 4) is 0 Å². The minimum Gasteiger partial charge on any atom is -0.481 e. The van der Waals surface area contributed by atoms with Crippen molar-refractivity contribution in [2.24, 2.45) is 5.73 Å². The van der Waals surface area contributed by atoms with Crippen molar-refractivity contribution < 1.29 is 29.4 Å². The van der Waals surface area contributed by atoms with Crippen LogP contribution >= 0.6 is 0 Å². The molecule has 0 aromatic heterocycles.